The topological polar surface area (TPSA) is 0 Å². The van der Waals surface area contributed by atoms with Crippen LogP contribution < -0.4 is 0 Å². The Hall–Kier alpha value is 0.700. The summed E-state index contributed by atoms with van der Waals surface area (Å²) in [6.07, 6.45) is 0. The smallest absolute Gasteiger partial charge is 0.0191 e. The van der Waals surface area contributed by atoms with Gasteiger partial charge in [-0.1, -0.05) is 20.8 Å². The summed E-state index contributed by atoms with van der Waals surface area (Å²) in [5.41, 5.74) is 0.435. The molecule has 0 unspecified atom stereocenters. The van der Waals surface area contributed by atoms with Gasteiger partial charge in [-0.15, -0.1) is 0 Å². The van der Waals surface area contributed by atoms with Crippen molar-refractivity contribution < 1.29 is 0 Å². The molecule has 0 nitrogen and oxygen atoms in total. The van der Waals surface area contributed by atoms with Crippen LogP contribution in [0.2, 0.25) is 0 Å². The van der Waals surface area contributed by atoms with Gasteiger partial charge in [0.2, 0.25) is 0 Å². The van der Waals surface area contributed by atoms with Gasteiger partial charge < -0.3 is 0 Å². The van der Waals surface area contributed by atoms with E-state index in [9.17, 15) is 0 Å². The number of rotatable bonds is 3. The Kier molecular flexibility index (Phi) is 4.34. The lowest BCUT2D eigenvalue weighted by Gasteiger charge is -2.26. The van der Waals surface area contributed by atoms with Crippen molar-refractivity contribution in [2.24, 2.45) is 5.41 Å². The fourth-order valence-electron chi connectivity index (χ4n) is 0.458. The van der Waals surface area contributed by atoms with Crippen LogP contribution in [-0.4, -0.2) is 16.3 Å². The van der Waals surface area contributed by atoms with E-state index in [2.05, 4.69) is 47.2 Å². The Labute approximate surface area is 80.9 Å². The minimum absolute atomic E-state index is 0.330. The highest BCUT2D eigenvalue weighted by Crippen LogP contribution is 2.31. The predicted molar refractivity (Wildman–Crippen MR) is 59.8 cm³/mol. The highest BCUT2D eigenvalue weighted by Gasteiger charge is 2.20. The first-order valence-corrected chi connectivity index (χ1v) is 5.63. The monoisotopic (exact) mass is 192 g/mol. The predicted octanol–water partition coefficient (Wildman–Crippen LogP) is 3.47. The van der Waals surface area contributed by atoms with Crippen LogP contribution in [-0.2, 0) is 0 Å². The molecule has 2 heteroatoms. The first kappa shape index (κ1) is 11.7. The number of thioether (sulfide) groups is 1. The Bertz CT molecular complexity index is 111. The molecule has 11 heavy (non-hydrogen) atoms. The molecule has 0 aliphatic rings. The molecule has 0 atom stereocenters. The van der Waals surface area contributed by atoms with Crippen LogP contribution in [0.4, 0.5) is 0 Å². The highest BCUT2D eigenvalue weighted by molar-refractivity contribution is 8.01. The molecule has 0 saturated heterocycles. The van der Waals surface area contributed by atoms with Gasteiger partial charge in [0.05, 0.1) is 0 Å². The lowest BCUT2D eigenvalue weighted by Crippen LogP contribution is -2.21. The summed E-state index contributed by atoms with van der Waals surface area (Å²) in [7, 11) is 0. The number of hydrogen-bond acceptors (Lipinski definition) is 2. The summed E-state index contributed by atoms with van der Waals surface area (Å²) in [4.78, 5) is 0. The third-order valence-electron chi connectivity index (χ3n) is 1.28. The molecule has 0 bridgehead atoms. The van der Waals surface area contributed by atoms with E-state index < -0.39 is 0 Å². The van der Waals surface area contributed by atoms with E-state index in [4.69, 9.17) is 0 Å². The van der Waals surface area contributed by atoms with E-state index >= 15 is 0 Å². The maximum atomic E-state index is 4.31. The third kappa shape index (κ3) is 7.07. The van der Waals surface area contributed by atoms with Crippen molar-refractivity contribution in [2.75, 3.05) is 11.5 Å². The van der Waals surface area contributed by atoms with Crippen molar-refractivity contribution in [1.29, 1.82) is 0 Å². The Morgan fingerprint density at radius 3 is 1.82 bits per heavy atom. The minimum atomic E-state index is 0.330. The Morgan fingerprint density at radius 2 is 1.55 bits per heavy atom. The standard InChI is InChI=1S/C9H20S2/c1-8(2,3)7-11-9(4,5)6-10/h10H,6-7H2,1-5H3. The molecule has 0 aromatic heterocycles. The molecule has 0 fully saturated rings. The van der Waals surface area contributed by atoms with Crippen LogP contribution in [0.15, 0.2) is 0 Å². The molecule has 0 aliphatic heterocycles. The average molecular weight is 192 g/mol. The zero-order valence-electron chi connectivity index (χ0n) is 8.27. The van der Waals surface area contributed by atoms with Crippen molar-refractivity contribution in [3.8, 4) is 0 Å². The van der Waals surface area contributed by atoms with Crippen LogP contribution in [0.25, 0.3) is 0 Å². The normalized spacial score (nSPS) is 13.6. The summed E-state index contributed by atoms with van der Waals surface area (Å²) < 4.78 is 0.330. The highest BCUT2D eigenvalue weighted by atomic mass is 32.2. The van der Waals surface area contributed by atoms with E-state index in [-0.39, 0.29) is 0 Å². The van der Waals surface area contributed by atoms with Crippen molar-refractivity contribution in [1.82, 2.24) is 0 Å². The molecule has 68 valence electrons. The summed E-state index contributed by atoms with van der Waals surface area (Å²) in [6, 6.07) is 0. The second-order valence-electron chi connectivity index (χ2n) is 4.77. The molecule has 0 radical (unpaired) electrons. The summed E-state index contributed by atoms with van der Waals surface area (Å²) in [5, 5.41) is 0. The van der Waals surface area contributed by atoms with Crippen molar-refractivity contribution in [2.45, 2.75) is 39.4 Å². The van der Waals surface area contributed by atoms with Crippen LogP contribution in [0.5, 0.6) is 0 Å². The molecule has 0 aliphatic carbocycles. The molecule has 0 amide bonds. The minimum Gasteiger partial charge on any atom is -0.178 e. The molecule has 0 saturated carbocycles. The second kappa shape index (κ2) is 4.08. The second-order valence-corrected chi connectivity index (χ2v) is 6.77. The first-order valence-electron chi connectivity index (χ1n) is 4.02. The van der Waals surface area contributed by atoms with Gasteiger partial charge in [-0.3, -0.25) is 0 Å². The maximum absolute atomic E-state index is 4.31. The average Bonchev–Trinajstić information content (AvgIpc) is 1.83. The lowest BCUT2D eigenvalue weighted by atomic mass is 10.0. The van der Waals surface area contributed by atoms with Crippen LogP contribution in [0, 0.1) is 5.41 Å². The Balaban J connectivity index is 3.70. The van der Waals surface area contributed by atoms with Gasteiger partial charge in [-0.25, -0.2) is 0 Å². The fourth-order valence-corrected chi connectivity index (χ4v) is 1.65. The first-order chi connectivity index (χ1) is 4.77. The van der Waals surface area contributed by atoms with Gasteiger partial charge in [0.25, 0.3) is 0 Å². The van der Waals surface area contributed by atoms with Crippen molar-refractivity contribution >= 4 is 24.4 Å². The molecule has 0 aromatic rings. The van der Waals surface area contributed by atoms with E-state index in [1.165, 1.54) is 5.75 Å². The van der Waals surface area contributed by atoms with Crippen LogP contribution >= 0.6 is 24.4 Å². The Morgan fingerprint density at radius 1 is 1.09 bits per heavy atom. The molecule has 0 heterocycles. The van der Waals surface area contributed by atoms with Gasteiger partial charge in [-0.05, 0) is 25.0 Å². The van der Waals surface area contributed by atoms with Crippen LogP contribution in [0.3, 0.4) is 0 Å². The largest absolute Gasteiger partial charge is 0.178 e. The van der Waals surface area contributed by atoms with Gasteiger partial charge in [0.15, 0.2) is 0 Å². The van der Waals surface area contributed by atoms with Gasteiger partial charge in [-0.2, -0.15) is 24.4 Å². The van der Waals surface area contributed by atoms with Crippen LogP contribution in [0.1, 0.15) is 34.6 Å². The molecule has 0 spiro atoms. The third-order valence-corrected chi connectivity index (χ3v) is 4.22. The number of hydrogen-bond donors (Lipinski definition) is 1. The maximum Gasteiger partial charge on any atom is 0.0191 e. The van der Waals surface area contributed by atoms with Gasteiger partial charge in [0, 0.05) is 10.5 Å². The summed E-state index contributed by atoms with van der Waals surface area (Å²) in [5.74, 6) is 2.16. The SMILES string of the molecule is CC(C)(C)CSC(C)(C)CS. The molecular weight excluding hydrogens is 172 g/mol. The van der Waals surface area contributed by atoms with E-state index in [1.807, 2.05) is 11.8 Å². The molecular formula is C9H20S2. The fraction of sp³-hybridized carbons (Fsp3) is 1.00. The van der Waals surface area contributed by atoms with Crippen molar-refractivity contribution in [3.05, 3.63) is 0 Å². The summed E-state index contributed by atoms with van der Waals surface area (Å²) >= 11 is 6.32. The van der Waals surface area contributed by atoms with E-state index in [0.29, 0.717) is 10.2 Å². The lowest BCUT2D eigenvalue weighted by molar-refractivity contribution is 0.479. The number of thiol groups is 1. The summed E-state index contributed by atoms with van der Waals surface area (Å²) in [6.45, 7) is 11.3. The van der Waals surface area contributed by atoms with E-state index in [0.717, 1.165) is 5.75 Å². The molecule has 0 aromatic carbocycles. The zero-order valence-corrected chi connectivity index (χ0v) is 9.98. The quantitative estimate of drug-likeness (QED) is 0.668. The van der Waals surface area contributed by atoms with Gasteiger partial charge >= 0.3 is 0 Å². The van der Waals surface area contributed by atoms with Gasteiger partial charge in [0.1, 0.15) is 0 Å². The zero-order chi connectivity index (χ0) is 9.12. The molecule has 0 rings (SSSR count). The van der Waals surface area contributed by atoms with Crippen molar-refractivity contribution in [3.63, 3.8) is 0 Å². The molecule has 0 N–H and O–H groups in total. The van der Waals surface area contributed by atoms with E-state index in [1.54, 1.807) is 0 Å².